The average molecular weight is 437 g/mol. The lowest BCUT2D eigenvalue weighted by Gasteiger charge is -2.27. The van der Waals surface area contributed by atoms with Crippen molar-refractivity contribution in [1.29, 1.82) is 0 Å². The summed E-state index contributed by atoms with van der Waals surface area (Å²) >= 11 is 0. The first-order valence-electron chi connectivity index (χ1n) is 9.53. The van der Waals surface area contributed by atoms with E-state index in [2.05, 4.69) is 15.6 Å². The molecule has 2 heterocycles. The van der Waals surface area contributed by atoms with Crippen molar-refractivity contribution in [3.63, 3.8) is 0 Å². The highest BCUT2D eigenvalue weighted by Gasteiger charge is 2.29. The van der Waals surface area contributed by atoms with E-state index < -0.39 is 11.7 Å². The van der Waals surface area contributed by atoms with Crippen molar-refractivity contribution in [2.75, 3.05) is 17.7 Å². The van der Waals surface area contributed by atoms with Crippen LogP contribution in [0.1, 0.15) is 33.8 Å². The fraction of sp³-hybridized carbons (Fsp3) is 0.130. The minimum atomic E-state index is -0.427. The number of anilines is 2. The van der Waals surface area contributed by atoms with Crippen LogP contribution in [0.2, 0.25) is 0 Å². The number of rotatable bonds is 4. The van der Waals surface area contributed by atoms with E-state index >= 15 is 0 Å². The van der Waals surface area contributed by atoms with Crippen LogP contribution in [0.5, 0.6) is 5.75 Å². The first-order valence-corrected chi connectivity index (χ1v) is 9.53. The molecule has 32 heavy (non-hydrogen) atoms. The first-order chi connectivity index (χ1) is 15.5. The minimum Gasteiger partial charge on any atom is -0.497 e. The van der Waals surface area contributed by atoms with Crippen LogP contribution in [0.15, 0.2) is 60.9 Å². The lowest BCUT2D eigenvalue weighted by atomic mass is 9.84. The summed E-state index contributed by atoms with van der Waals surface area (Å²) in [5.41, 5.74) is 2.70. The predicted octanol–water partition coefficient (Wildman–Crippen LogP) is 3.66. The van der Waals surface area contributed by atoms with E-state index in [1.807, 2.05) is 0 Å². The van der Waals surface area contributed by atoms with Gasteiger partial charge in [-0.3, -0.25) is 19.4 Å². The van der Waals surface area contributed by atoms with Gasteiger partial charge < -0.3 is 20.5 Å². The Morgan fingerprint density at radius 3 is 2.66 bits per heavy atom. The molecule has 0 spiro atoms. The molecular formula is C23H20FN3O5. The summed E-state index contributed by atoms with van der Waals surface area (Å²) in [5, 5.41) is 12.5. The van der Waals surface area contributed by atoms with Crippen molar-refractivity contribution in [2.24, 2.45) is 0 Å². The molecule has 3 aromatic rings. The number of amides is 2. The summed E-state index contributed by atoms with van der Waals surface area (Å²) in [4.78, 5) is 36.9. The van der Waals surface area contributed by atoms with Gasteiger partial charge in [-0.05, 0) is 41.5 Å². The molecule has 0 aliphatic carbocycles. The Hall–Kier alpha value is -4.27. The van der Waals surface area contributed by atoms with Gasteiger partial charge in [0.25, 0.3) is 12.4 Å². The maximum absolute atomic E-state index is 14.6. The number of aromatic nitrogens is 1. The molecule has 1 aliphatic rings. The van der Waals surface area contributed by atoms with Crippen molar-refractivity contribution in [3.8, 4) is 5.75 Å². The smallest absolute Gasteiger partial charge is 0.290 e. The topological polar surface area (TPSA) is 118 Å². The van der Waals surface area contributed by atoms with Gasteiger partial charge in [0.15, 0.2) is 0 Å². The average Bonchev–Trinajstić information content (AvgIpc) is 2.79. The van der Waals surface area contributed by atoms with E-state index in [1.165, 1.54) is 19.4 Å². The molecular weight excluding hydrogens is 417 g/mol. The van der Waals surface area contributed by atoms with Crippen LogP contribution in [0, 0.1) is 5.82 Å². The number of halogens is 1. The largest absolute Gasteiger partial charge is 0.497 e. The standard InChI is InChI=1S/C22H18FN3O3.CH2O2/c1-29-15-5-7-16(19(23)10-15)18-11-21(27)26-20-9-14(4-6-17(18)20)25-22(28)13-3-2-8-24-12-13;2-1-3/h2-10,12,18H,11H2,1H3,(H,25,28)(H,26,27);1H,(H,2,3). The second-order valence-corrected chi connectivity index (χ2v) is 6.80. The number of nitrogens with zero attached hydrogens (tertiary/aromatic N) is 1. The monoisotopic (exact) mass is 437 g/mol. The first kappa shape index (κ1) is 22.4. The molecule has 4 rings (SSSR count). The number of hydrogen-bond acceptors (Lipinski definition) is 5. The quantitative estimate of drug-likeness (QED) is 0.536. The fourth-order valence-corrected chi connectivity index (χ4v) is 3.44. The van der Waals surface area contributed by atoms with Gasteiger partial charge in [-0.2, -0.15) is 0 Å². The van der Waals surface area contributed by atoms with Crippen molar-refractivity contribution >= 4 is 29.7 Å². The van der Waals surface area contributed by atoms with Crippen molar-refractivity contribution < 1.29 is 28.6 Å². The molecule has 9 heteroatoms. The fourth-order valence-electron chi connectivity index (χ4n) is 3.44. The molecule has 3 N–H and O–H groups in total. The number of fused-ring (bicyclic) bond motifs is 1. The third-order valence-electron chi connectivity index (χ3n) is 4.86. The molecule has 0 bridgehead atoms. The number of carbonyl (C=O) groups is 3. The molecule has 0 saturated carbocycles. The molecule has 1 unspecified atom stereocenters. The maximum atomic E-state index is 14.6. The molecule has 1 atom stereocenters. The number of carboxylic acid groups (broad SMARTS) is 1. The van der Waals surface area contributed by atoms with Gasteiger partial charge in [0, 0.05) is 42.2 Å². The van der Waals surface area contributed by atoms with E-state index in [9.17, 15) is 14.0 Å². The van der Waals surface area contributed by atoms with Crippen molar-refractivity contribution in [3.05, 3.63) is 83.4 Å². The van der Waals surface area contributed by atoms with Crippen molar-refractivity contribution in [1.82, 2.24) is 4.98 Å². The normalized spacial score (nSPS) is 14.2. The highest BCUT2D eigenvalue weighted by Crippen LogP contribution is 2.40. The van der Waals surface area contributed by atoms with Crippen LogP contribution < -0.4 is 15.4 Å². The molecule has 1 aromatic heterocycles. The third-order valence-corrected chi connectivity index (χ3v) is 4.86. The van der Waals surface area contributed by atoms with Gasteiger partial charge in [0.05, 0.1) is 12.7 Å². The van der Waals surface area contributed by atoms with Crippen LogP contribution in [0.3, 0.4) is 0 Å². The third kappa shape index (κ3) is 5.07. The van der Waals surface area contributed by atoms with Gasteiger partial charge in [0.2, 0.25) is 5.91 Å². The van der Waals surface area contributed by atoms with E-state index in [1.54, 1.807) is 48.7 Å². The molecule has 2 aromatic carbocycles. The molecule has 0 radical (unpaired) electrons. The number of hydrogen-bond donors (Lipinski definition) is 3. The predicted molar refractivity (Wildman–Crippen MR) is 115 cm³/mol. The SMILES string of the molecule is COc1ccc(C2CC(=O)Nc3cc(NC(=O)c4cccnc4)ccc32)c(F)c1.O=CO. The minimum absolute atomic E-state index is 0.137. The summed E-state index contributed by atoms with van der Waals surface area (Å²) in [6.07, 6.45) is 3.19. The molecule has 1 aliphatic heterocycles. The maximum Gasteiger partial charge on any atom is 0.290 e. The van der Waals surface area contributed by atoms with Crippen LogP contribution in [-0.4, -0.2) is 35.5 Å². The number of nitrogens with one attached hydrogen (secondary N) is 2. The number of benzene rings is 2. The zero-order chi connectivity index (χ0) is 23.1. The van der Waals surface area contributed by atoms with Crippen LogP contribution >= 0.6 is 0 Å². The van der Waals surface area contributed by atoms with Gasteiger partial charge in [-0.1, -0.05) is 12.1 Å². The number of pyridine rings is 1. The summed E-state index contributed by atoms with van der Waals surface area (Å²) in [6, 6.07) is 13.2. The van der Waals surface area contributed by atoms with Crippen molar-refractivity contribution in [2.45, 2.75) is 12.3 Å². The molecule has 164 valence electrons. The van der Waals surface area contributed by atoms with Gasteiger partial charge in [0.1, 0.15) is 11.6 Å². The van der Waals surface area contributed by atoms with Crippen LogP contribution in [0.4, 0.5) is 15.8 Å². The lowest BCUT2D eigenvalue weighted by Crippen LogP contribution is -2.24. The molecule has 8 nitrogen and oxygen atoms in total. The number of methoxy groups -OCH3 is 1. The van der Waals surface area contributed by atoms with E-state index in [0.29, 0.717) is 28.3 Å². The Morgan fingerprint density at radius 2 is 2.00 bits per heavy atom. The van der Waals surface area contributed by atoms with Crippen LogP contribution in [0.25, 0.3) is 0 Å². The van der Waals surface area contributed by atoms with Gasteiger partial charge in [-0.25, -0.2) is 4.39 Å². The second kappa shape index (κ2) is 10.2. The molecule has 0 saturated heterocycles. The van der Waals surface area contributed by atoms with E-state index in [0.717, 1.165) is 5.56 Å². The van der Waals surface area contributed by atoms with Gasteiger partial charge >= 0.3 is 0 Å². The molecule has 2 amide bonds. The number of carbonyl (C=O) groups excluding carboxylic acids is 2. The summed E-state index contributed by atoms with van der Waals surface area (Å²) < 4.78 is 19.7. The highest BCUT2D eigenvalue weighted by atomic mass is 19.1. The summed E-state index contributed by atoms with van der Waals surface area (Å²) in [5.74, 6) is -0.955. The second-order valence-electron chi connectivity index (χ2n) is 6.80. The summed E-state index contributed by atoms with van der Waals surface area (Å²) in [6.45, 7) is -0.250. The summed E-state index contributed by atoms with van der Waals surface area (Å²) in [7, 11) is 1.47. The molecule has 0 fully saturated rings. The van der Waals surface area contributed by atoms with E-state index in [-0.39, 0.29) is 24.7 Å². The van der Waals surface area contributed by atoms with Gasteiger partial charge in [-0.15, -0.1) is 0 Å². The Labute approximate surface area is 183 Å². The zero-order valence-corrected chi connectivity index (χ0v) is 17.0. The Balaban J connectivity index is 0.000000913. The number of ether oxygens (including phenoxy) is 1. The Kier molecular flexibility index (Phi) is 7.12. The zero-order valence-electron chi connectivity index (χ0n) is 17.0. The lowest BCUT2D eigenvalue weighted by molar-refractivity contribution is -0.123. The van der Waals surface area contributed by atoms with Crippen LogP contribution in [-0.2, 0) is 9.59 Å². The Morgan fingerprint density at radius 1 is 1.25 bits per heavy atom. The Bertz CT molecular complexity index is 1140. The van der Waals surface area contributed by atoms with E-state index in [4.69, 9.17) is 14.6 Å². The highest BCUT2D eigenvalue weighted by molar-refractivity contribution is 6.05.